The lowest BCUT2D eigenvalue weighted by Gasteiger charge is -2.01. The zero-order chi connectivity index (χ0) is 15.1. The molecule has 2 aromatic carbocycles. The summed E-state index contributed by atoms with van der Waals surface area (Å²) in [5.74, 6) is 5.47. The first-order chi connectivity index (χ1) is 10.2. The van der Waals surface area contributed by atoms with Gasteiger partial charge in [-0.2, -0.15) is 5.26 Å². The molecule has 0 aliphatic rings. The van der Waals surface area contributed by atoms with Crippen molar-refractivity contribution in [3.63, 3.8) is 0 Å². The average Bonchev–Trinajstić information content (AvgIpc) is 2.53. The third-order valence-corrected chi connectivity index (χ3v) is 3.02. The second kappa shape index (κ2) is 7.14. The number of benzene rings is 2. The molecule has 1 N–H and O–H groups in total. The van der Waals surface area contributed by atoms with Crippen molar-refractivity contribution in [2.24, 2.45) is 0 Å². The molecule has 0 aliphatic heterocycles. The van der Waals surface area contributed by atoms with Crippen LogP contribution in [0.25, 0.3) is 0 Å². The molecule has 0 radical (unpaired) electrons. The molecule has 0 saturated carbocycles. The van der Waals surface area contributed by atoms with Gasteiger partial charge in [-0.15, -0.1) is 0 Å². The van der Waals surface area contributed by atoms with Gasteiger partial charge >= 0.3 is 0 Å². The molecule has 3 nitrogen and oxygen atoms in total. The second-order valence-corrected chi connectivity index (χ2v) is 4.56. The fourth-order valence-electron chi connectivity index (χ4n) is 1.66. The molecular formula is C17H11ClN2O. The fourth-order valence-corrected chi connectivity index (χ4v) is 1.84. The number of carbonyl (C=O) groups excluding carboxylic acids is 1. The molecule has 2 rings (SSSR count). The number of amides is 1. The first-order valence-electron chi connectivity index (χ1n) is 6.22. The molecule has 21 heavy (non-hydrogen) atoms. The number of nitrogens with zero attached hydrogens (tertiary/aromatic N) is 1. The second-order valence-electron chi connectivity index (χ2n) is 4.16. The lowest BCUT2D eigenvalue weighted by molar-refractivity contribution is 0.0958. The monoisotopic (exact) mass is 294 g/mol. The third kappa shape index (κ3) is 4.11. The van der Waals surface area contributed by atoms with E-state index in [0.717, 1.165) is 5.56 Å². The molecule has 0 unspecified atom stereocenters. The average molecular weight is 295 g/mol. The van der Waals surface area contributed by atoms with Crippen LogP contribution in [0.2, 0.25) is 5.02 Å². The summed E-state index contributed by atoms with van der Waals surface area (Å²) in [5.41, 5.74) is 1.61. The Bertz CT molecular complexity index is 766. The Balaban J connectivity index is 1.97. The van der Waals surface area contributed by atoms with Crippen LogP contribution in [0, 0.1) is 23.2 Å². The minimum Gasteiger partial charge on any atom is -0.341 e. The van der Waals surface area contributed by atoms with Crippen LogP contribution >= 0.6 is 11.6 Å². The zero-order valence-electron chi connectivity index (χ0n) is 11.1. The van der Waals surface area contributed by atoms with Gasteiger partial charge in [0, 0.05) is 11.1 Å². The zero-order valence-corrected chi connectivity index (χ0v) is 11.8. The summed E-state index contributed by atoms with van der Waals surface area (Å²) in [5, 5.41) is 12.0. The van der Waals surface area contributed by atoms with E-state index in [9.17, 15) is 4.79 Å². The number of hydrogen-bond donors (Lipinski definition) is 1. The van der Waals surface area contributed by atoms with Crippen molar-refractivity contribution in [3.05, 3.63) is 70.2 Å². The molecule has 0 saturated heterocycles. The third-order valence-electron chi connectivity index (χ3n) is 2.69. The Morgan fingerprint density at radius 3 is 2.76 bits per heavy atom. The van der Waals surface area contributed by atoms with Crippen LogP contribution in [0.1, 0.15) is 21.5 Å². The maximum absolute atomic E-state index is 11.9. The van der Waals surface area contributed by atoms with Crippen molar-refractivity contribution in [1.29, 1.82) is 5.26 Å². The van der Waals surface area contributed by atoms with Crippen molar-refractivity contribution in [3.8, 4) is 17.9 Å². The van der Waals surface area contributed by atoms with Crippen molar-refractivity contribution >= 4 is 17.5 Å². The van der Waals surface area contributed by atoms with E-state index in [2.05, 4.69) is 17.2 Å². The molecule has 102 valence electrons. The van der Waals surface area contributed by atoms with Gasteiger partial charge in [0.15, 0.2) is 0 Å². The Labute approximate surface area is 128 Å². The molecule has 0 atom stereocenters. The summed E-state index contributed by atoms with van der Waals surface area (Å²) in [6.07, 6.45) is 0. The Morgan fingerprint density at radius 1 is 1.19 bits per heavy atom. The van der Waals surface area contributed by atoms with Crippen LogP contribution in [0.5, 0.6) is 0 Å². The van der Waals surface area contributed by atoms with Crippen molar-refractivity contribution in [2.75, 3.05) is 6.54 Å². The highest BCUT2D eigenvalue weighted by molar-refractivity contribution is 6.31. The van der Waals surface area contributed by atoms with Crippen LogP contribution in [0.4, 0.5) is 0 Å². The van der Waals surface area contributed by atoms with E-state index in [1.807, 2.05) is 24.3 Å². The topological polar surface area (TPSA) is 52.9 Å². The van der Waals surface area contributed by atoms with E-state index in [4.69, 9.17) is 16.9 Å². The highest BCUT2D eigenvalue weighted by atomic mass is 35.5. The summed E-state index contributed by atoms with van der Waals surface area (Å²) < 4.78 is 0. The summed E-state index contributed by atoms with van der Waals surface area (Å²) >= 11 is 5.97. The number of halogens is 1. The number of nitrogens with one attached hydrogen (secondary N) is 1. The van der Waals surface area contributed by atoms with E-state index in [1.54, 1.807) is 24.3 Å². The van der Waals surface area contributed by atoms with Crippen LogP contribution < -0.4 is 5.32 Å². The molecule has 2 aromatic rings. The van der Waals surface area contributed by atoms with Crippen LogP contribution in [0.15, 0.2) is 48.5 Å². The lowest BCUT2D eigenvalue weighted by atomic mass is 10.1. The SMILES string of the molecule is N#Cc1cccc(C(=O)NCC#Cc2ccccc2Cl)c1. The summed E-state index contributed by atoms with van der Waals surface area (Å²) in [6.45, 7) is 0.209. The van der Waals surface area contributed by atoms with Gasteiger partial charge in [0.05, 0.1) is 23.2 Å². The minimum atomic E-state index is -0.263. The number of nitriles is 1. The molecule has 0 aliphatic carbocycles. The van der Waals surface area contributed by atoms with Gasteiger partial charge in [0.1, 0.15) is 0 Å². The molecular weight excluding hydrogens is 284 g/mol. The molecule has 0 spiro atoms. The molecule has 4 heteroatoms. The summed E-state index contributed by atoms with van der Waals surface area (Å²) in [4.78, 5) is 11.9. The lowest BCUT2D eigenvalue weighted by Crippen LogP contribution is -2.23. The molecule has 0 bridgehead atoms. The highest BCUT2D eigenvalue weighted by Crippen LogP contribution is 2.12. The molecule has 0 fully saturated rings. The standard InChI is InChI=1S/C17H11ClN2O/c18-16-9-2-1-6-14(16)8-4-10-20-17(21)15-7-3-5-13(11-15)12-19/h1-3,5-7,9,11H,10H2,(H,20,21). The summed E-state index contributed by atoms with van der Waals surface area (Å²) in [6, 6.07) is 15.8. The number of hydrogen-bond acceptors (Lipinski definition) is 2. The Hall–Kier alpha value is -2.75. The highest BCUT2D eigenvalue weighted by Gasteiger charge is 2.04. The van der Waals surface area contributed by atoms with Gasteiger partial charge in [0.25, 0.3) is 5.91 Å². The molecule has 0 heterocycles. The van der Waals surface area contributed by atoms with Gasteiger partial charge in [-0.3, -0.25) is 4.79 Å². The first-order valence-corrected chi connectivity index (χ1v) is 6.60. The quantitative estimate of drug-likeness (QED) is 0.866. The molecule has 1 amide bonds. The smallest absolute Gasteiger partial charge is 0.252 e. The fraction of sp³-hybridized carbons (Fsp3) is 0.0588. The predicted molar refractivity (Wildman–Crippen MR) is 81.8 cm³/mol. The van der Waals surface area contributed by atoms with Crippen molar-refractivity contribution in [2.45, 2.75) is 0 Å². The van der Waals surface area contributed by atoms with E-state index in [-0.39, 0.29) is 12.5 Å². The minimum absolute atomic E-state index is 0.209. The van der Waals surface area contributed by atoms with Crippen molar-refractivity contribution in [1.82, 2.24) is 5.32 Å². The largest absolute Gasteiger partial charge is 0.341 e. The van der Waals surface area contributed by atoms with Gasteiger partial charge in [-0.25, -0.2) is 0 Å². The Kier molecular flexibility index (Phi) is 4.99. The Morgan fingerprint density at radius 2 is 2.00 bits per heavy atom. The molecule has 0 aromatic heterocycles. The van der Waals surface area contributed by atoms with Crippen LogP contribution in [0.3, 0.4) is 0 Å². The maximum Gasteiger partial charge on any atom is 0.252 e. The number of rotatable bonds is 2. The van der Waals surface area contributed by atoms with Gasteiger partial charge in [0.2, 0.25) is 0 Å². The van der Waals surface area contributed by atoms with Gasteiger partial charge in [-0.1, -0.05) is 41.6 Å². The van der Waals surface area contributed by atoms with Gasteiger partial charge in [-0.05, 0) is 30.3 Å². The van der Waals surface area contributed by atoms with Crippen LogP contribution in [-0.4, -0.2) is 12.5 Å². The van der Waals surface area contributed by atoms with E-state index < -0.39 is 0 Å². The van der Waals surface area contributed by atoms with E-state index in [1.165, 1.54) is 6.07 Å². The van der Waals surface area contributed by atoms with Gasteiger partial charge < -0.3 is 5.32 Å². The summed E-state index contributed by atoms with van der Waals surface area (Å²) in [7, 11) is 0. The maximum atomic E-state index is 11.9. The first kappa shape index (κ1) is 14.7. The van der Waals surface area contributed by atoms with E-state index >= 15 is 0 Å². The normalized spacial score (nSPS) is 9.14. The predicted octanol–water partition coefficient (Wildman–Crippen LogP) is 2.99. The van der Waals surface area contributed by atoms with Crippen molar-refractivity contribution < 1.29 is 4.79 Å². The van der Waals surface area contributed by atoms with E-state index in [0.29, 0.717) is 16.1 Å². The van der Waals surface area contributed by atoms with Crippen LogP contribution in [-0.2, 0) is 0 Å². The number of carbonyl (C=O) groups is 1.